The van der Waals surface area contributed by atoms with Gasteiger partial charge in [0.1, 0.15) is 10.9 Å². The molecule has 0 aliphatic carbocycles. The Kier molecular flexibility index (Phi) is 8.25. The SMILES string of the molecule is Cc1ccc(N(C(=O)c2snc(C(N)=O)c2N)C(C(=O)NCCC(C)C)c2ccc3ncccc3c2)cc1C. The summed E-state index contributed by atoms with van der Waals surface area (Å²) < 4.78 is 4.02. The summed E-state index contributed by atoms with van der Waals surface area (Å²) in [7, 11) is 0. The maximum absolute atomic E-state index is 14.2. The molecule has 1 unspecified atom stereocenters. The molecule has 1 atom stereocenters. The van der Waals surface area contributed by atoms with Crippen LogP contribution in [0.4, 0.5) is 11.4 Å². The van der Waals surface area contributed by atoms with E-state index in [-0.39, 0.29) is 22.2 Å². The average Bonchev–Trinajstić information content (AvgIpc) is 3.29. The molecule has 0 aliphatic rings. The number of nitrogens with one attached hydrogen (secondary N) is 1. The summed E-state index contributed by atoms with van der Waals surface area (Å²) in [6, 6.07) is 13.7. The minimum atomic E-state index is -1.05. The van der Waals surface area contributed by atoms with Crippen molar-refractivity contribution in [3.05, 3.63) is 82.0 Å². The molecule has 0 saturated carbocycles. The number of hydrogen-bond donors (Lipinski definition) is 3. The van der Waals surface area contributed by atoms with E-state index in [2.05, 4.69) is 28.5 Å². The Morgan fingerprint density at radius 1 is 1.05 bits per heavy atom. The Morgan fingerprint density at radius 3 is 2.49 bits per heavy atom. The second-order valence-electron chi connectivity index (χ2n) is 9.91. The molecule has 202 valence electrons. The molecule has 2 heterocycles. The monoisotopic (exact) mass is 544 g/mol. The zero-order valence-corrected chi connectivity index (χ0v) is 23.2. The third-order valence-corrected chi connectivity index (χ3v) is 7.46. The van der Waals surface area contributed by atoms with Crippen molar-refractivity contribution in [3.8, 4) is 0 Å². The first-order chi connectivity index (χ1) is 18.6. The fraction of sp³-hybridized carbons (Fsp3) is 0.276. The van der Waals surface area contributed by atoms with Crippen LogP contribution in [0.15, 0.2) is 54.7 Å². The molecule has 0 bridgehead atoms. The van der Waals surface area contributed by atoms with Gasteiger partial charge in [0.05, 0.1) is 11.2 Å². The molecule has 9 nitrogen and oxygen atoms in total. The minimum absolute atomic E-state index is 0.0319. The molecular weight excluding hydrogens is 512 g/mol. The van der Waals surface area contributed by atoms with Crippen LogP contribution in [0.3, 0.4) is 0 Å². The minimum Gasteiger partial charge on any atom is -0.395 e. The number of aromatic nitrogens is 2. The Bertz CT molecular complexity index is 1550. The topological polar surface area (TPSA) is 144 Å². The van der Waals surface area contributed by atoms with Gasteiger partial charge in [-0.3, -0.25) is 24.3 Å². The highest BCUT2D eigenvalue weighted by molar-refractivity contribution is 7.09. The number of nitrogens with two attached hydrogens (primary N) is 2. The number of nitrogens with zero attached hydrogens (tertiary/aromatic N) is 3. The van der Waals surface area contributed by atoms with E-state index in [1.165, 1.54) is 4.90 Å². The molecule has 2 aromatic carbocycles. The number of anilines is 2. The molecule has 0 aliphatic heterocycles. The summed E-state index contributed by atoms with van der Waals surface area (Å²) in [6.45, 7) is 8.51. The van der Waals surface area contributed by atoms with Crippen LogP contribution in [0.5, 0.6) is 0 Å². The van der Waals surface area contributed by atoms with Gasteiger partial charge in [0.2, 0.25) is 5.91 Å². The van der Waals surface area contributed by atoms with E-state index in [4.69, 9.17) is 11.5 Å². The van der Waals surface area contributed by atoms with Crippen LogP contribution in [0.25, 0.3) is 10.9 Å². The first kappa shape index (κ1) is 27.7. The third kappa shape index (κ3) is 5.91. The van der Waals surface area contributed by atoms with Gasteiger partial charge >= 0.3 is 0 Å². The predicted octanol–water partition coefficient (Wildman–Crippen LogP) is 4.54. The largest absolute Gasteiger partial charge is 0.395 e. The Balaban J connectivity index is 1.91. The maximum Gasteiger partial charge on any atom is 0.273 e. The van der Waals surface area contributed by atoms with Crippen LogP contribution in [-0.4, -0.2) is 33.6 Å². The highest BCUT2D eigenvalue weighted by Gasteiger charge is 2.36. The lowest BCUT2D eigenvalue weighted by Gasteiger charge is -2.32. The number of pyridine rings is 1. The normalized spacial score (nSPS) is 11.9. The van der Waals surface area contributed by atoms with Crippen LogP contribution in [0.1, 0.15) is 63.2 Å². The fourth-order valence-electron chi connectivity index (χ4n) is 4.26. The zero-order valence-electron chi connectivity index (χ0n) is 22.4. The number of amides is 3. The first-order valence-corrected chi connectivity index (χ1v) is 13.4. The molecular formula is C29H32N6O3S. The molecule has 2 aromatic heterocycles. The van der Waals surface area contributed by atoms with Crippen molar-refractivity contribution in [2.75, 3.05) is 17.2 Å². The van der Waals surface area contributed by atoms with E-state index in [1.807, 2.05) is 50.2 Å². The van der Waals surface area contributed by atoms with Crippen molar-refractivity contribution in [2.24, 2.45) is 11.7 Å². The number of benzene rings is 2. The van der Waals surface area contributed by atoms with E-state index in [9.17, 15) is 14.4 Å². The number of carbonyl (C=O) groups is 3. The van der Waals surface area contributed by atoms with Gasteiger partial charge in [-0.05, 0) is 84.7 Å². The predicted molar refractivity (Wildman–Crippen MR) is 155 cm³/mol. The molecule has 10 heteroatoms. The summed E-state index contributed by atoms with van der Waals surface area (Å²) in [5, 5.41) is 3.84. The van der Waals surface area contributed by atoms with E-state index in [0.717, 1.165) is 40.0 Å². The lowest BCUT2D eigenvalue weighted by Crippen LogP contribution is -2.44. The number of hydrogen-bond acceptors (Lipinski definition) is 7. The third-order valence-electron chi connectivity index (χ3n) is 6.61. The summed E-state index contributed by atoms with van der Waals surface area (Å²) in [4.78, 5) is 45.8. The van der Waals surface area contributed by atoms with E-state index < -0.39 is 17.9 Å². The first-order valence-electron chi connectivity index (χ1n) is 12.7. The van der Waals surface area contributed by atoms with Crippen LogP contribution in [0.2, 0.25) is 0 Å². The Hall–Kier alpha value is -4.31. The van der Waals surface area contributed by atoms with Crippen molar-refractivity contribution < 1.29 is 14.4 Å². The standard InChI is InChI=1S/C29H32N6O3S/c1-16(2)11-13-33-28(37)25(20-8-10-22-19(15-20)6-5-12-32-22)35(21-9-7-17(3)18(4)14-21)29(38)26-23(30)24(27(31)36)34-39-26/h5-10,12,14-16,25H,11,13,30H2,1-4H3,(H2,31,36)(H,33,37). The molecule has 39 heavy (non-hydrogen) atoms. The summed E-state index contributed by atoms with van der Waals surface area (Å²) in [5.74, 6) is -1.34. The summed E-state index contributed by atoms with van der Waals surface area (Å²) in [6.07, 6.45) is 2.48. The molecule has 3 amide bonds. The molecule has 4 rings (SSSR count). The summed E-state index contributed by atoms with van der Waals surface area (Å²) in [5.41, 5.74) is 15.2. The Morgan fingerprint density at radius 2 is 1.82 bits per heavy atom. The van der Waals surface area contributed by atoms with Gasteiger partial charge in [-0.1, -0.05) is 32.0 Å². The van der Waals surface area contributed by atoms with Crippen molar-refractivity contribution in [3.63, 3.8) is 0 Å². The average molecular weight is 545 g/mol. The number of nitrogen functional groups attached to an aromatic ring is 1. The zero-order chi connectivity index (χ0) is 28.3. The molecule has 5 N–H and O–H groups in total. The molecule has 0 spiro atoms. The maximum atomic E-state index is 14.2. The number of rotatable bonds is 9. The second kappa shape index (κ2) is 11.6. The number of primary amides is 1. The van der Waals surface area contributed by atoms with Crippen LogP contribution < -0.4 is 21.7 Å². The van der Waals surface area contributed by atoms with Gasteiger partial charge < -0.3 is 16.8 Å². The van der Waals surface area contributed by atoms with Crippen LogP contribution in [-0.2, 0) is 4.79 Å². The van der Waals surface area contributed by atoms with Crippen molar-refractivity contribution in [1.29, 1.82) is 0 Å². The summed E-state index contributed by atoms with van der Waals surface area (Å²) >= 11 is 0.783. The van der Waals surface area contributed by atoms with E-state index in [1.54, 1.807) is 18.3 Å². The molecule has 0 saturated heterocycles. The van der Waals surface area contributed by atoms with Crippen LogP contribution in [0, 0.1) is 19.8 Å². The number of carbonyl (C=O) groups excluding carboxylic acids is 3. The van der Waals surface area contributed by atoms with Crippen LogP contribution >= 0.6 is 11.5 Å². The second-order valence-corrected chi connectivity index (χ2v) is 10.7. The fourth-order valence-corrected chi connectivity index (χ4v) is 5.00. The van der Waals surface area contributed by atoms with E-state index in [0.29, 0.717) is 23.7 Å². The van der Waals surface area contributed by atoms with Crippen molar-refractivity contribution in [2.45, 2.75) is 40.2 Å². The molecule has 0 fully saturated rings. The van der Waals surface area contributed by atoms with Crippen molar-refractivity contribution >= 4 is 51.5 Å². The highest BCUT2D eigenvalue weighted by Crippen LogP contribution is 2.35. The Labute approximate surface area is 231 Å². The van der Waals surface area contributed by atoms with Gasteiger partial charge in [-0.25, -0.2) is 0 Å². The highest BCUT2D eigenvalue weighted by atomic mass is 32.1. The number of fused-ring (bicyclic) bond motifs is 1. The van der Waals surface area contributed by atoms with Gasteiger partial charge in [0.15, 0.2) is 5.69 Å². The van der Waals surface area contributed by atoms with Gasteiger partial charge in [-0.15, -0.1) is 0 Å². The van der Waals surface area contributed by atoms with Gasteiger partial charge in [0.25, 0.3) is 11.8 Å². The van der Waals surface area contributed by atoms with Crippen molar-refractivity contribution in [1.82, 2.24) is 14.7 Å². The van der Waals surface area contributed by atoms with Gasteiger partial charge in [0, 0.05) is 23.8 Å². The molecule has 0 radical (unpaired) electrons. The lowest BCUT2D eigenvalue weighted by atomic mass is 9.99. The smallest absolute Gasteiger partial charge is 0.273 e. The molecule has 4 aromatic rings. The van der Waals surface area contributed by atoms with E-state index >= 15 is 0 Å². The van der Waals surface area contributed by atoms with Gasteiger partial charge in [-0.2, -0.15) is 4.37 Å². The quantitative estimate of drug-likeness (QED) is 0.282. The number of aryl methyl sites for hydroxylation is 2. The lowest BCUT2D eigenvalue weighted by molar-refractivity contribution is -0.122.